The molecule has 8 rings (SSSR count). The van der Waals surface area contributed by atoms with Crippen molar-refractivity contribution in [2.45, 2.75) is 111 Å². The van der Waals surface area contributed by atoms with Crippen molar-refractivity contribution in [3.05, 3.63) is 125 Å². The molecule has 0 spiro atoms. The number of carbonyl (C=O) groups is 2. The normalized spacial score (nSPS) is 14.3. The summed E-state index contributed by atoms with van der Waals surface area (Å²) < 4.78 is 3.76. The van der Waals surface area contributed by atoms with Gasteiger partial charge in [-0.25, -0.2) is 9.36 Å². The first-order valence-corrected chi connectivity index (χ1v) is 25.8. The predicted molar refractivity (Wildman–Crippen MR) is 274 cm³/mol. The largest absolute Gasteiger partial charge is 0.350 e. The number of rotatable bonds is 16. The first-order chi connectivity index (χ1) is 31.4. The fourth-order valence-electron chi connectivity index (χ4n) is 8.01. The molecule has 2 saturated carbocycles. The summed E-state index contributed by atoms with van der Waals surface area (Å²) in [7, 11) is 0. The Morgan fingerprint density at radius 3 is 1.42 bits per heavy atom. The van der Waals surface area contributed by atoms with Crippen LogP contribution in [0.3, 0.4) is 0 Å². The lowest BCUT2D eigenvalue weighted by molar-refractivity contribution is -0.127. The zero-order chi connectivity index (χ0) is 46.0. The van der Waals surface area contributed by atoms with Gasteiger partial charge in [0.25, 0.3) is 0 Å². The number of allylic oxidation sites excluding steroid dienone is 2. The van der Waals surface area contributed by atoms with Crippen molar-refractivity contribution in [1.82, 2.24) is 30.2 Å². The summed E-state index contributed by atoms with van der Waals surface area (Å²) in [6.45, 7) is 9.27. The quantitative estimate of drug-likeness (QED) is 0.101. The van der Waals surface area contributed by atoms with Crippen molar-refractivity contribution in [2.75, 3.05) is 0 Å². The maximum Gasteiger partial charge on any atom is 0.223 e. The Balaban J connectivity index is 0.000000194. The molecule has 0 saturated heterocycles. The van der Waals surface area contributed by atoms with E-state index in [1.54, 1.807) is 34.8 Å². The van der Waals surface area contributed by atoms with Crippen LogP contribution in [0.1, 0.15) is 117 Å². The Morgan fingerprint density at radius 1 is 0.631 bits per heavy atom. The number of hydrogen-bond acceptors (Lipinski definition) is 6. The molecule has 342 valence electrons. The molecule has 2 aliphatic carbocycles. The fraction of sp³-hybridized carbons (Fsp3) is 0.373. The summed E-state index contributed by atoms with van der Waals surface area (Å²) in [6, 6.07) is 19.4. The number of unbranched alkanes of at least 4 members (excludes halogenated alkanes) is 2. The first kappa shape index (κ1) is 48.8. The summed E-state index contributed by atoms with van der Waals surface area (Å²) in [5.41, 5.74) is 7.28. The number of nitrogens with one attached hydrogen (secondary N) is 2. The van der Waals surface area contributed by atoms with E-state index in [2.05, 4.69) is 86.9 Å². The standard InChI is InChI=1S/C26H29Cl2N3OS.C25H27Cl2N3OS/c1-3-4-5-10-20-12-14-24(33-20)25-17(2)22(16-29-26(32)18-8-6-7-9-18)30-31(25)23-13-11-19(27)15-21(23)28;1-3-4-5-9-19-11-13-23(32-19)24-16(2)21(15-28-25(31)17-7-6-8-17)29-30(24)22-12-10-18(26)14-20(22)27/h5,10-15,18H,3-4,6-9,16H2,1-2H3,(H,29,32);5,9-14,17H,3-4,6-8,15H2,1-2H3,(H,28,31)/b10-5+;9-5+. The van der Waals surface area contributed by atoms with Crippen molar-refractivity contribution >= 4 is 93.0 Å². The van der Waals surface area contributed by atoms with E-state index in [9.17, 15) is 9.59 Å². The van der Waals surface area contributed by atoms with Crippen LogP contribution < -0.4 is 10.6 Å². The molecular weight excluding hydrogens is 935 g/mol. The van der Waals surface area contributed by atoms with E-state index in [1.165, 1.54) is 9.75 Å². The van der Waals surface area contributed by atoms with E-state index in [0.717, 1.165) is 126 Å². The van der Waals surface area contributed by atoms with Crippen molar-refractivity contribution < 1.29 is 9.59 Å². The molecule has 4 aromatic heterocycles. The Morgan fingerprint density at radius 2 is 1.05 bits per heavy atom. The van der Waals surface area contributed by atoms with E-state index in [0.29, 0.717) is 33.2 Å². The van der Waals surface area contributed by atoms with Gasteiger partial charge in [-0.15, -0.1) is 22.7 Å². The maximum atomic E-state index is 12.6. The summed E-state index contributed by atoms with van der Waals surface area (Å²) in [5.74, 6) is 0.535. The number of thiophene rings is 2. The zero-order valence-corrected chi connectivity index (χ0v) is 42.0. The second kappa shape index (κ2) is 23.0. The Hall–Kier alpha value is -4.16. The van der Waals surface area contributed by atoms with Crippen LogP contribution in [0.5, 0.6) is 0 Å². The molecule has 8 nitrogen and oxygen atoms in total. The number of halogens is 4. The second-order valence-electron chi connectivity index (χ2n) is 16.7. The Bertz CT molecular complexity index is 2660. The van der Waals surface area contributed by atoms with Crippen LogP contribution in [-0.2, 0) is 22.7 Å². The molecular formula is C51H56Cl4N6O2S2. The molecule has 6 aromatic rings. The van der Waals surface area contributed by atoms with Crippen LogP contribution in [0, 0.1) is 25.7 Å². The van der Waals surface area contributed by atoms with Gasteiger partial charge in [0, 0.05) is 42.8 Å². The van der Waals surface area contributed by atoms with Crippen LogP contribution >= 0.6 is 69.1 Å². The average molecular weight is 991 g/mol. The Labute approximate surface area is 411 Å². The minimum Gasteiger partial charge on any atom is -0.350 e. The predicted octanol–water partition coefficient (Wildman–Crippen LogP) is 15.3. The van der Waals surface area contributed by atoms with Crippen LogP contribution in [0.2, 0.25) is 20.1 Å². The number of benzene rings is 2. The van der Waals surface area contributed by atoms with Gasteiger partial charge in [-0.2, -0.15) is 10.2 Å². The van der Waals surface area contributed by atoms with Crippen LogP contribution in [0.4, 0.5) is 0 Å². The summed E-state index contributed by atoms with van der Waals surface area (Å²) in [4.78, 5) is 29.6. The van der Waals surface area contributed by atoms with Gasteiger partial charge >= 0.3 is 0 Å². The smallest absolute Gasteiger partial charge is 0.223 e. The molecule has 14 heteroatoms. The molecule has 2 aliphatic rings. The van der Waals surface area contributed by atoms with Gasteiger partial charge in [0.1, 0.15) is 0 Å². The minimum absolute atomic E-state index is 0.121. The lowest BCUT2D eigenvalue weighted by atomic mass is 9.85. The van der Waals surface area contributed by atoms with E-state index in [4.69, 9.17) is 56.6 Å². The van der Waals surface area contributed by atoms with Gasteiger partial charge in [-0.3, -0.25) is 9.59 Å². The maximum absolute atomic E-state index is 12.6. The SMILES string of the molecule is CCC/C=C/c1ccc(-c2c(C)c(CNC(=O)C3CCC3)nn2-c2ccc(Cl)cc2Cl)s1.CCC/C=C/c1ccc(-c2c(C)c(CNC(=O)C3CCCC3)nn2-c2ccc(Cl)cc2Cl)s1. The van der Waals surface area contributed by atoms with Gasteiger partial charge in [0.2, 0.25) is 11.8 Å². The third-order valence-corrected chi connectivity index (χ3v) is 15.2. The number of hydrogen-bond donors (Lipinski definition) is 2. The van der Waals surface area contributed by atoms with E-state index < -0.39 is 0 Å². The molecule has 0 atom stereocenters. The third kappa shape index (κ3) is 12.1. The first-order valence-electron chi connectivity index (χ1n) is 22.6. The van der Waals surface area contributed by atoms with Gasteiger partial charge < -0.3 is 10.6 Å². The monoisotopic (exact) mass is 988 g/mol. The van der Waals surface area contributed by atoms with Crippen molar-refractivity contribution in [1.29, 1.82) is 0 Å². The zero-order valence-electron chi connectivity index (χ0n) is 37.4. The number of carbonyl (C=O) groups excluding carboxylic acids is 2. The molecule has 0 bridgehead atoms. The molecule has 2 fully saturated rings. The van der Waals surface area contributed by atoms with E-state index in [1.807, 2.05) is 33.6 Å². The van der Waals surface area contributed by atoms with Gasteiger partial charge in [0.15, 0.2) is 0 Å². The molecule has 4 heterocycles. The minimum atomic E-state index is 0.121. The number of aromatic nitrogens is 4. The number of amides is 2. The molecule has 0 unspecified atom stereocenters. The molecule has 65 heavy (non-hydrogen) atoms. The van der Waals surface area contributed by atoms with Crippen LogP contribution in [-0.4, -0.2) is 31.4 Å². The topological polar surface area (TPSA) is 93.8 Å². The number of nitrogens with zero attached hydrogens (tertiary/aromatic N) is 4. The van der Waals surface area contributed by atoms with Crippen molar-refractivity contribution in [3.63, 3.8) is 0 Å². The molecule has 2 N–H and O–H groups in total. The lowest BCUT2D eigenvalue weighted by Crippen LogP contribution is -2.34. The van der Waals surface area contributed by atoms with E-state index in [-0.39, 0.29) is 23.7 Å². The third-order valence-electron chi connectivity index (χ3n) is 12.0. The van der Waals surface area contributed by atoms with Crippen LogP contribution in [0.25, 0.3) is 44.7 Å². The van der Waals surface area contributed by atoms with Gasteiger partial charge in [0.05, 0.1) is 67.0 Å². The molecule has 0 radical (unpaired) electrons. The average Bonchev–Trinajstić information content (AvgIpc) is 4.12. The van der Waals surface area contributed by atoms with Crippen LogP contribution in [0.15, 0.2) is 72.8 Å². The lowest BCUT2D eigenvalue weighted by Gasteiger charge is -2.23. The van der Waals surface area contributed by atoms with Gasteiger partial charge in [-0.1, -0.05) is 105 Å². The second-order valence-corrected chi connectivity index (χ2v) is 20.6. The Kier molecular flexibility index (Phi) is 17.3. The fourth-order valence-corrected chi connectivity index (χ4v) is 11.0. The van der Waals surface area contributed by atoms with Crippen molar-refractivity contribution in [2.24, 2.45) is 11.8 Å². The highest BCUT2D eigenvalue weighted by Gasteiger charge is 2.27. The summed E-state index contributed by atoms with van der Waals surface area (Å²) in [5, 5.41) is 18.2. The van der Waals surface area contributed by atoms with E-state index >= 15 is 0 Å². The molecule has 0 aliphatic heterocycles. The van der Waals surface area contributed by atoms with Gasteiger partial charge in [-0.05, 0) is 125 Å². The molecule has 2 aromatic carbocycles. The highest BCUT2D eigenvalue weighted by molar-refractivity contribution is 7.16. The highest BCUT2D eigenvalue weighted by atomic mass is 35.5. The highest BCUT2D eigenvalue weighted by Crippen LogP contribution is 2.39. The summed E-state index contributed by atoms with van der Waals surface area (Å²) >= 11 is 28.8. The summed E-state index contributed by atoms with van der Waals surface area (Å²) in [6.07, 6.45) is 20.5. The molecule has 2 amide bonds. The van der Waals surface area contributed by atoms with Crippen molar-refractivity contribution in [3.8, 4) is 32.5 Å².